The van der Waals surface area contributed by atoms with Crippen LogP contribution in [0.5, 0.6) is 0 Å². The zero-order valence-electron chi connectivity index (χ0n) is 14.4. The Morgan fingerprint density at radius 1 is 0.905 bits per heavy atom. The van der Waals surface area contributed by atoms with Crippen LogP contribution >= 0.6 is 23.2 Å². The molecule has 0 amide bonds. The van der Waals surface area contributed by atoms with Crippen LogP contribution in [0.1, 0.15) is 85.5 Å². The molecule has 0 N–H and O–H groups in total. The largest absolute Gasteiger partial charge is 0.118 e. The van der Waals surface area contributed by atoms with Crippen LogP contribution in [0.25, 0.3) is 0 Å². The van der Waals surface area contributed by atoms with Gasteiger partial charge in [0.25, 0.3) is 0 Å². The first-order valence-electron chi connectivity index (χ1n) is 9.01. The molecule has 1 aliphatic carbocycles. The summed E-state index contributed by atoms with van der Waals surface area (Å²) in [6.45, 7) is 9.01. The molecule has 0 aromatic rings. The Morgan fingerprint density at radius 3 is 2.05 bits per heavy atom. The van der Waals surface area contributed by atoms with Crippen LogP contribution in [0, 0.1) is 11.8 Å². The lowest BCUT2D eigenvalue weighted by molar-refractivity contribution is 0.203. The van der Waals surface area contributed by atoms with E-state index in [0.717, 1.165) is 19.3 Å². The lowest BCUT2D eigenvalue weighted by atomic mass is 9.65. The standard InChI is InChI=1S/C19H34Cl2/c1-5-8-11-17-18(20,13-9-6-2)15-12-16(4)19(17,21)14-10-7-3/h12,15-17H,5-11,13-14H2,1-4H3. The highest BCUT2D eigenvalue weighted by Crippen LogP contribution is 2.53. The molecule has 0 aromatic heterocycles. The van der Waals surface area contributed by atoms with Gasteiger partial charge in [0.2, 0.25) is 0 Å². The van der Waals surface area contributed by atoms with E-state index in [1.807, 2.05) is 0 Å². The van der Waals surface area contributed by atoms with E-state index in [2.05, 4.69) is 39.8 Å². The highest BCUT2D eigenvalue weighted by molar-refractivity contribution is 6.29. The van der Waals surface area contributed by atoms with Gasteiger partial charge in [-0.2, -0.15) is 0 Å². The number of halogens is 2. The van der Waals surface area contributed by atoms with Crippen molar-refractivity contribution in [3.8, 4) is 0 Å². The zero-order chi connectivity index (χ0) is 15.9. The first kappa shape index (κ1) is 19.4. The van der Waals surface area contributed by atoms with Crippen molar-refractivity contribution < 1.29 is 0 Å². The zero-order valence-corrected chi connectivity index (χ0v) is 15.9. The number of hydrogen-bond donors (Lipinski definition) is 0. The summed E-state index contributed by atoms with van der Waals surface area (Å²) in [4.78, 5) is -0.386. The number of hydrogen-bond acceptors (Lipinski definition) is 0. The summed E-state index contributed by atoms with van der Waals surface area (Å²) in [5.41, 5.74) is 0. The molecule has 1 aliphatic rings. The molecule has 21 heavy (non-hydrogen) atoms. The van der Waals surface area contributed by atoms with Crippen molar-refractivity contribution in [1.29, 1.82) is 0 Å². The minimum Gasteiger partial charge on any atom is -0.118 e. The fourth-order valence-electron chi connectivity index (χ4n) is 3.74. The summed E-state index contributed by atoms with van der Waals surface area (Å²) >= 11 is 14.3. The topological polar surface area (TPSA) is 0 Å². The van der Waals surface area contributed by atoms with Gasteiger partial charge in [-0.3, -0.25) is 0 Å². The van der Waals surface area contributed by atoms with Crippen LogP contribution in [-0.4, -0.2) is 9.75 Å². The van der Waals surface area contributed by atoms with Crippen molar-refractivity contribution in [1.82, 2.24) is 0 Å². The third-order valence-corrected chi connectivity index (χ3v) is 6.63. The Morgan fingerprint density at radius 2 is 1.48 bits per heavy atom. The van der Waals surface area contributed by atoms with Gasteiger partial charge in [0.15, 0.2) is 0 Å². The molecular weight excluding hydrogens is 299 g/mol. The van der Waals surface area contributed by atoms with Gasteiger partial charge in [-0.15, -0.1) is 23.2 Å². The van der Waals surface area contributed by atoms with Gasteiger partial charge in [0.1, 0.15) is 0 Å². The Labute approximate surface area is 142 Å². The molecule has 2 heteroatoms. The van der Waals surface area contributed by atoms with Gasteiger partial charge in [0.05, 0.1) is 9.75 Å². The molecule has 0 fully saturated rings. The summed E-state index contributed by atoms with van der Waals surface area (Å²) in [6.07, 6.45) is 15.1. The SMILES string of the molecule is CCCCC1C(Cl)(CCCC)C=CC(C)C1(Cl)CCCC. The summed E-state index contributed by atoms with van der Waals surface area (Å²) in [5.74, 6) is 0.812. The van der Waals surface area contributed by atoms with E-state index in [0.29, 0.717) is 11.8 Å². The van der Waals surface area contributed by atoms with Gasteiger partial charge in [-0.05, 0) is 25.2 Å². The summed E-state index contributed by atoms with van der Waals surface area (Å²) in [6, 6.07) is 0. The van der Waals surface area contributed by atoms with Crippen LogP contribution in [0.15, 0.2) is 12.2 Å². The molecular formula is C19H34Cl2. The van der Waals surface area contributed by atoms with Crippen molar-refractivity contribution in [2.45, 2.75) is 95.2 Å². The van der Waals surface area contributed by atoms with E-state index in [-0.39, 0.29) is 9.75 Å². The molecule has 0 saturated carbocycles. The van der Waals surface area contributed by atoms with Crippen LogP contribution in [-0.2, 0) is 0 Å². The third kappa shape index (κ3) is 4.64. The van der Waals surface area contributed by atoms with Crippen molar-refractivity contribution in [3.63, 3.8) is 0 Å². The van der Waals surface area contributed by atoms with Gasteiger partial charge in [-0.1, -0.05) is 78.4 Å². The van der Waals surface area contributed by atoms with E-state index in [9.17, 15) is 0 Å². The Bertz CT molecular complexity index is 326. The van der Waals surface area contributed by atoms with Gasteiger partial charge >= 0.3 is 0 Å². The average molecular weight is 333 g/mol. The second kappa shape index (κ2) is 8.82. The lowest BCUT2D eigenvalue weighted by Gasteiger charge is -2.50. The first-order chi connectivity index (χ1) is 9.94. The maximum atomic E-state index is 7.23. The molecule has 0 saturated heterocycles. The second-order valence-electron chi connectivity index (χ2n) is 6.90. The number of rotatable bonds is 9. The molecule has 124 valence electrons. The minimum absolute atomic E-state index is 0.157. The van der Waals surface area contributed by atoms with Crippen LogP contribution in [0.3, 0.4) is 0 Å². The first-order valence-corrected chi connectivity index (χ1v) is 9.77. The molecule has 0 spiro atoms. The predicted molar refractivity (Wildman–Crippen MR) is 97.5 cm³/mol. The van der Waals surface area contributed by atoms with Gasteiger partial charge < -0.3 is 0 Å². The van der Waals surface area contributed by atoms with Crippen LogP contribution in [0.4, 0.5) is 0 Å². The monoisotopic (exact) mass is 332 g/mol. The molecule has 0 bridgehead atoms. The number of alkyl halides is 2. The molecule has 4 atom stereocenters. The second-order valence-corrected chi connectivity index (χ2v) is 8.31. The Hall–Kier alpha value is 0.320. The Kier molecular flexibility index (Phi) is 8.14. The van der Waals surface area contributed by atoms with E-state index in [1.54, 1.807) is 0 Å². The van der Waals surface area contributed by atoms with Crippen LogP contribution in [0.2, 0.25) is 0 Å². The van der Waals surface area contributed by atoms with Crippen molar-refractivity contribution >= 4 is 23.2 Å². The van der Waals surface area contributed by atoms with E-state index in [4.69, 9.17) is 23.2 Å². The molecule has 0 heterocycles. The van der Waals surface area contributed by atoms with Gasteiger partial charge in [0, 0.05) is 5.92 Å². The van der Waals surface area contributed by atoms with E-state index >= 15 is 0 Å². The van der Waals surface area contributed by atoms with Crippen molar-refractivity contribution in [2.24, 2.45) is 11.8 Å². The third-order valence-electron chi connectivity index (χ3n) is 5.25. The highest BCUT2D eigenvalue weighted by Gasteiger charge is 2.51. The quantitative estimate of drug-likeness (QED) is 0.306. The maximum absolute atomic E-state index is 7.23. The molecule has 0 radical (unpaired) electrons. The Balaban J connectivity index is 3.04. The summed E-state index contributed by atoms with van der Waals surface area (Å²) < 4.78 is 0. The average Bonchev–Trinajstić information content (AvgIpc) is 2.47. The number of unbranched alkanes of at least 4 members (excludes halogenated alkanes) is 3. The normalized spacial score (nSPS) is 36.1. The minimum atomic E-state index is -0.229. The number of allylic oxidation sites excluding steroid dienone is 2. The lowest BCUT2D eigenvalue weighted by Crippen LogP contribution is -2.51. The molecule has 1 rings (SSSR count). The smallest absolute Gasteiger partial charge is 0.0671 e. The van der Waals surface area contributed by atoms with Crippen molar-refractivity contribution in [2.75, 3.05) is 0 Å². The predicted octanol–water partition coefficient (Wildman–Crippen LogP) is 7.33. The maximum Gasteiger partial charge on any atom is 0.0671 e. The highest BCUT2D eigenvalue weighted by atomic mass is 35.5. The molecule has 0 aliphatic heterocycles. The molecule has 0 aromatic carbocycles. The van der Waals surface area contributed by atoms with E-state index in [1.165, 1.54) is 38.5 Å². The summed E-state index contributed by atoms with van der Waals surface area (Å²) in [7, 11) is 0. The molecule has 0 nitrogen and oxygen atoms in total. The van der Waals surface area contributed by atoms with Crippen molar-refractivity contribution in [3.05, 3.63) is 12.2 Å². The van der Waals surface area contributed by atoms with Crippen LogP contribution < -0.4 is 0 Å². The molecule has 4 unspecified atom stereocenters. The van der Waals surface area contributed by atoms with Gasteiger partial charge in [-0.25, -0.2) is 0 Å². The summed E-state index contributed by atoms with van der Waals surface area (Å²) in [5, 5.41) is 0. The fourth-order valence-corrected chi connectivity index (χ4v) is 4.82. The van der Waals surface area contributed by atoms with E-state index < -0.39 is 0 Å². The fraction of sp³-hybridized carbons (Fsp3) is 0.895.